The van der Waals surface area contributed by atoms with Crippen molar-refractivity contribution in [2.24, 2.45) is 5.92 Å². The lowest BCUT2D eigenvalue weighted by molar-refractivity contribution is 0.0946. The van der Waals surface area contributed by atoms with Crippen molar-refractivity contribution in [2.75, 3.05) is 21.3 Å². The zero-order valence-electron chi connectivity index (χ0n) is 15.2. The Kier molecular flexibility index (Phi) is 13.5. The largest absolute Gasteiger partial charge is 0.382 e. The molecule has 0 saturated carbocycles. The van der Waals surface area contributed by atoms with Crippen LogP contribution >= 0.6 is 0 Å². The topological polar surface area (TPSA) is 27.7 Å². The Bertz CT molecular complexity index is 205. The Morgan fingerprint density at radius 3 is 1.29 bits per heavy atom. The number of hydrogen-bond donors (Lipinski definition) is 0. The van der Waals surface area contributed by atoms with Gasteiger partial charge in [-0.05, 0) is 52.4 Å². The van der Waals surface area contributed by atoms with E-state index in [9.17, 15) is 0 Å². The molecule has 0 spiro atoms. The molecule has 3 nitrogen and oxygen atoms in total. The molecule has 0 N–H and O–H groups in total. The standard InChI is InChI=1S/C18H38O3/c1-15(19-4)9-7-11-18(14-13-17(3)21-6)12-8-10-16(2)20-5/h15-18H,7-14H2,1-6H3. The smallest absolute Gasteiger partial charge is 0.0543 e. The van der Waals surface area contributed by atoms with Gasteiger partial charge in [0.05, 0.1) is 18.3 Å². The third-order valence-corrected chi connectivity index (χ3v) is 4.63. The van der Waals surface area contributed by atoms with Crippen molar-refractivity contribution in [3.8, 4) is 0 Å². The molecule has 0 fully saturated rings. The van der Waals surface area contributed by atoms with Crippen molar-refractivity contribution in [3.63, 3.8) is 0 Å². The quantitative estimate of drug-likeness (QED) is 0.460. The first-order valence-corrected chi connectivity index (χ1v) is 8.61. The average Bonchev–Trinajstić information content (AvgIpc) is 2.50. The Morgan fingerprint density at radius 2 is 0.905 bits per heavy atom. The van der Waals surface area contributed by atoms with Crippen LogP contribution in [0.3, 0.4) is 0 Å². The molecule has 128 valence electrons. The van der Waals surface area contributed by atoms with Gasteiger partial charge in [-0.1, -0.05) is 25.7 Å². The molecule has 0 rings (SSSR count). The zero-order valence-corrected chi connectivity index (χ0v) is 15.2. The van der Waals surface area contributed by atoms with Gasteiger partial charge in [0, 0.05) is 21.3 Å². The lowest BCUT2D eigenvalue weighted by atomic mass is 9.89. The van der Waals surface area contributed by atoms with Crippen molar-refractivity contribution in [2.45, 2.75) is 90.4 Å². The van der Waals surface area contributed by atoms with Crippen LogP contribution in [0, 0.1) is 5.92 Å². The molecular formula is C18H38O3. The second-order valence-corrected chi connectivity index (χ2v) is 6.44. The van der Waals surface area contributed by atoms with Gasteiger partial charge in [-0.25, -0.2) is 0 Å². The molecule has 0 saturated heterocycles. The fraction of sp³-hybridized carbons (Fsp3) is 1.00. The molecule has 0 aliphatic carbocycles. The molecule has 0 aromatic carbocycles. The van der Waals surface area contributed by atoms with E-state index in [2.05, 4.69) is 20.8 Å². The minimum Gasteiger partial charge on any atom is -0.382 e. The first-order valence-electron chi connectivity index (χ1n) is 8.61. The van der Waals surface area contributed by atoms with Gasteiger partial charge in [0.25, 0.3) is 0 Å². The number of methoxy groups -OCH3 is 3. The summed E-state index contributed by atoms with van der Waals surface area (Å²) in [4.78, 5) is 0. The summed E-state index contributed by atoms with van der Waals surface area (Å²) in [7, 11) is 5.41. The summed E-state index contributed by atoms with van der Waals surface area (Å²) in [6, 6.07) is 0. The average molecular weight is 302 g/mol. The van der Waals surface area contributed by atoms with Crippen molar-refractivity contribution in [1.82, 2.24) is 0 Å². The molecule has 0 aromatic heterocycles. The van der Waals surface area contributed by atoms with Crippen LogP contribution in [-0.4, -0.2) is 39.6 Å². The number of ether oxygens (including phenoxy) is 3. The molecule has 3 atom stereocenters. The Hall–Kier alpha value is -0.120. The van der Waals surface area contributed by atoms with E-state index >= 15 is 0 Å². The van der Waals surface area contributed by atoms with Crippen LogP contribution < -0.4 is 0 Å². The highest BCUT2D eigenvalue weighted by Crippen LogP contribution is 2.24. The van der Waals surface area contributed by atoms with Crippen LogP contribution in [-0.2, 0) is 14.2 Å². The van der Waals surface area contributed by atoms with Crippen LogP contribution in [0.5, 0.6) is 0 Å². The molecule has 0 heterocycles. The van der Waals surface area contributed by atoms with Gasteiger partial charge >= 0.3 is 0 Å². The highest BCUT2D eigenvalue weighted by atomic mass is 16.5. The summed E-state index contributed by atoms with van der Waals surface area (Å²) in [6.07, 6.45) is 11.1. The second kappa shape index (κ2) is 13.5. The lowest BCUT2D eigenvalue weighted by Gasteiger charge is -2.20. The van der Waals surface area contributed by atoms with E-state index in [1.165, 1.54) is 51.4 Å². The molecule has 0 amide bonds. The molecule has 3 unspecified atom stereocenters. The van der Waals surface area contributed by atoms with Gasteiger partial charge in [-0.2, -0.15) is 0 Å². The monoisotopic (exact) mass is 302 g/mol. The highest BCUT2D eigenvalue weighted by Gasteiger charge is 2.12. The van der Waals surface area contributed by atoms with E-state index < -0.39 is 0 Å². The maximum atomic E-state index is 5.38. The summed E-state index contributed by atoms with van der Waals surface area (Å²) < 4.78 is 16.1. The van der Waals surface area contributed by atoms with E-state index in [0.29, 0.717) is 18.3 Å². The number of rotatable bonds is 14. The first kappa shape index (κ1) is 20.9. The van der Waals surface area contributed by atoms with Gasteiger partial charge in [0.1, 0.15) is 0 Å². The molecule has 0 radical (unpaired) electrons. The minimum absolute atomic E-state index is 0.378. The van der Waals surface area contributed by atoms with Crippen LogP contribution in [0.25, 0.3) is 0 Å². The third-order valence-electron chi connectivity index (χ3n) is 4.63. The zero-order chi connectivity index (χ0) is 16.1. The summed E-state index contributed by atoms with van der Waals surface area (Å²) in [6.45, 7) is 6.47. The summed E-state index contributed by atoms with van der Waals surface area (Å²) >= 11 is 0. The lowest BCUT2D eigenvalue weighted by Crippen LogP contribution is -2.12. The third kappa shape index (κ3) is 12.1. The van der Waals surface area contributed by atoms with E-state index in [4.69, 9.17) is 14.2 Å². The first-order chi connectivity index (χ1) is 10.0. The molecule has 3 heteroatoms. The van der Waals surface area contributed by atoms with Gasteiger partial charge in [-0.3, -0.25) is 0 Å². The van der Waals surface area contributed by atoms with Gasteiger partial charge in [-0.15, -0.1) is 0 Å². The number of hydrogen-bond acceptors (Lipinski definition) is 3. The maximum absolute atomic E-state index is 5.38. The second-order valence-electron chi connectivity index (χ2n) is 6.44. The van der Waals surface area contributed by atoms with Crippen LogP contribution in [0.2, 0.25) is 0 Å². The molecule has 0 aliphatic heterocycles. The van der Waals surface area contributed by atoms with Crippen LogP contribution in [0.1, 0.15) is 72.1 Å². The van der Waals surface area contributed by atoms with E-state index in [-0.39, 0.29) is 0 Å². The highest BCUT2D eigenvalue weighted by molar-refractivity contribution is 4.65. The molecule has 0 aliphatic rings. The SMILES string of the molecule is COC(C)CCCC(CCCC(C)OC)CCC(C)OC. The van der Waals surface area contributed by atoms with Crippen molar-refractivity contribution >= 4 is 0 Å². The summed E-state index contributed by atoms with van der Waals surface area (Å²) in [5, 5.41) is 0. The normalized spacial score (nSPS) is 17.4. The van der Waals surface area contributed by atoms with Gasteiger partial charge in [0.2, 0.25) is 0 Å². The van der Waals surface area contributed by atoms with E-state index in [1.54, 1.807) is 21.3 Å². The van der Waals surface area contributed by atoms with E-state index in [1.807, 2.05) is 0 Å². The fourth-order valence-electron chi connectivity index (χ4n) is 2.64. The Labute approximate surface area is 132 Å². The fourth-order valence-corrected chi connectivity index (χ4v) is 2.64. The van der Waals surface area contributed by atoms with Crippen LogP contribution in [0.4, 0.5) is 0 Å². The molecule has 21 heavy (non-hydrogen) atoms. The van der Waals surface area contributed by atoms with Crippen LogP contribution in [0.15, 0.2) is 0 Å². The molecule has 0 aromatic rings. The Balaban J connectivity index is 4.01. The van der Waals surface area contributed by atoms with E-state index in [0.717, 1.165) is 5.92 Å². The van der Waals surface area contributed by atoms with Crippen molar-refractivity contribution in [1.29, 1.82) is 0 Å². The predicted molar refractivity (Wildman–Crippen MR) is 89.8 cm³/mol. The molecule has 0 bridgehead atoms. The maximum Gasteiger partial charge on any atom is 0.0543 e. The minimum atomic E-state index is 0.378. The van der Waals surface area contributed by atoms with Crippen molar-refractivity contribution in [3.05, 3.63) is 0 Å². The summed E-state index contributed by atoms with van der Waals surface area (Å²) in [5.41, 5.74) is 0. The molecular weight excluding hydrogens is 264 g/mol. The summed E-state index contributed by atoms with van der Waals surface area (Å²) in [5.74, 6) is 0.815. The van der Waals surface area contributed by atoms with Gasteiger partial charge in [0.15, 0.2) is 0 Å². The predicted octanol–water partition coefficient (Wildman–Crippen LogP) is 4.83. The van der Waals surface area contributed by atoms with Crippen molar-refractivity contribution < 1.29 is 14.2 Å². The Morgan fingerprint density at radius 1 is 0.524 bits per heavy atom. The van der Waals surface area contributed by atoms with Gasteiger partial charge < -0.3 is 14.2 Å².